The maximum absolute atomic E-state index is 10.7. The van der Waals surface area contributed by atoms with Crippen molar-refractivity contribution in [2.75, 3.05) is 6.61 Å². The number of aliphatic carboxylic acids is 1. The van der Waals surface area contributed by atoms with Gasteiger partial charge in [-0.1, -0.05) is 12.1 Å². The molecule has 0 saturated heterocycles. The monoisotopic (exact) mass is 275 g/mol. The number of ether oxygens (including phenoxy) is 1. The number of oxazole rings is 1. The largest absolute Gasteiger partial charge is 0.493 e. The fourth-order valence-corrected chi connectivity index (χ4v) is 1.99. The minimum Gasteiger partial charge on any atom is -0.493 e. The molecule has 20 heavy (non-hydrogen) atoms. The molecule has 0 aliphatic heterocycles. The molecular weight excluding hydrogens is 258 g/mol. The zero-order chi connectivity index (χ0) is 14.5. The molecule has 1 N–H and O–H groups in total. The van der Waals surface area contributed by atoms with E-state index in [-0.39, 0.29) is 6.42 Å². The van der Waals surface area contributed by atoms with Crippen molar-refractivity contribution in [2.45, 2.75) is 26.7 Å². The van der Waals surface area contributed by atoms with Gasteiger partial charge in [0.2, 0.25) is 0 Å². The number of carboxylic acid groups (broad SMARTS) is 1. The fourth-order valence-electron chi connectivity index (χ4n) is 1.99. The van der Waals surface area contributed by atoms with Gasteiger partial charge in [0.25, 0.3) is 0 Å². The predicted molar refractivity (Wildman–Crippen MR) is 73.0 cm³/mol. The minimum absolute atomic E-state index is 0.00120. The molecule has 0 saturated carbocycles. The van der Waals surface area contributed by atoms with Crippen LogP contribution in [-0.2, 0) is 17.6 Å². The second-order valence-electron chi connectivity index (χ2n) is 4.55. The molecule has 0 aliphatic carbocycles. The number of carbonyl (C=O) groups is 1. The molecule has 0 atom stereocenters. The summed E-state index contributed by atoms with van der Waals surface area (Å²) in [5.74, 6) is 1.28. The van der Waals surface area contributed by atoms with Crippen LogP contribution in [0.5, 0.6) is 5.75 Å². The second-order valence-corrected chi connectivity index (χ2v) is 4.55. The van der Waals surface area contributed by atoms with Crippen LogP contribution in [0.25, 0.3) is 0 Å². The predicted octanol–water partition coefficient (Wildman–Crippen LogP) is 2.54. The molecule has 0 unspecified atom stereocenters. The van der Waals surface area contributed by atoms with E-state index in [1.807, 2.05) is 19.9 Å². The normalized spacial score (nSPS) is 10.5. The van der Waals surface area contributed by atoms with Crippen LogP contribution >= 0.6 is 0 Å². The molecule has 106 valence electrons. The highest BCUT2D eigenvalue weighted by molar-refractivity contribution is 5.70. The van der Waals surface area contributed by atoms with Crippen LogP contribution in [0, 0.1) is 13.8 Å². The number of carboxylic acids is 1. The topological polar surface area (TPSA) is 72.6 Å². The third-order valence-corrected chi connectivity index (χ3v) is 2.86. The SMILES string of the molecule is Cc1nc(CCOc2cccc(CC(=O)O)c2)c(C)o1. The third kappa shape index (κ3) is 3.85. The average molecular weight is 275 g/mol. The van der Waals surface area contributed by atoms with Gasteiger partial charge in [0, 0.05) is 13.3 Å². The Hall–Kier alpha value is -2.30. The summed E-state index contributed by atoms with van der Waals surface area (Å²) in [6.07, 6.45) is 0.658. The Labute approximate surface area is 117 Å². The molecule has 1 heterocycles. The molecule has 1 aromatic carbocycles. The van der Waals surface area contributed by atoms with E-state index >= 15 is 0 Å². The second kappa shape index (κ2) is 6.23. The van der Waals surface area contributed by atoms with Gasteiger partial charge in [0.1, 0.15) is 11.5 Å². The molecule has 1 aromatic heterocycles. The maximum Gasteiger partial charge on any atom is 0.307 e. The van der Waals surface area contributed by atoms with Crippen molar-refractivity contribution in [1.29, 1.82) is 0 Å². The smallest absolute Gasteiger partial charge is 0.307 e. The van der Waals surface area contributed by atoms with E-state index in [1.165, 1.54) is 0 Å². The van der Waals surface area contributed by atoms with Gasteiger partial charge >= 0.3 is 5.97 Å². The van der Waals surface area contributed by atoms with Gasteiger partial charge in [-0.15, -0.1) is 0 Å². The maximum atomic E-state index is 10.7. The number of aromatic nitrogens is 1. The van der Waals surface area contributed by atoms with Gasteiger partial charge in [-0.25, -0.2) is 4.98 Å². The van der Waals surface area contributed by atoms with E-state index in [0.29, 0.717) is 24.7 Å². The molecule has 0 fully saturated rings. The van der Waals surface area contributed by atoms with Crippen LogP contribution in [0.3, 0.4) is 0 Å². The van der Waals surface area contributed by atoms with Crippen molar-refractivity contribution in [1.82, 2.24) is 4.98 Å². The number of rotatable bonds is 6. The van der Waals surface area contributed by atoms with Crippen molar-refractivity contribution in [2.24, 2.45) is 0 Å². The fraction of sp³-hybridized carbons (Fsp3) is 0.333. The molecule has 0 bridgehead atoms. The van der Waals surface area contributed by atoms with E-state index in [0.717, 1.165) is 17.0 Å². The zero-order valence-corrected chi connectivity index (χ0v) is 11.5. The van der Waals surface area contributed by atoms with Gasteiger partial charge in [0.15, 0.2) is 5.89 Å². The molecule has 0 aliphatic rings. The highest BCUT2D eigenvalue weighted by Gasteiger charge is 2.07. The number of benzene rings is 1. The molecule has 0 amide bonds. The number of nitrogens with zero attached hydrogens (tertiary/aromatic N) is 1. The lowest BCUT2D eigenvalue weighted by molar-refractivity contribution is -0.136. The average Bonchev–Trinajstić information content (AvgIpc) is 2.67. The van der Waals surface area contributed by atoms with Crippen LogP contribution in [0.2, 0.25) is 0 Å². The first-order valence-corrected chi connectivity index (χ1v) is 6.41. The minimum atomic E-state index is -0.851. The Bertz CT molecular complexity index is 604. The Balaban J connectivity index is 1.91. The van der Waals surface area contributed by atoms with E-state index < -0.39 is 5.97 Å². The zero-order valence-electron chi connectivity index (χ0n) is 11.5. The molecule has 5 nitrogen and oxygen atoms in total. The first-order chi connectivity index (χ1) is 9.54. The highest BCUT2D eigenvalue weighted by atomic mass is 16.5. The molecule has 0 radical (unpaired) electrons. The lowest BCUT2D eigenvalue weighted by atomic mass is 10.1. The Kier molecular flexibility index (Phi) is 4.40. The summed E-state index contributed by atoms with van der Waals surface area (Å²) in [5.41, 5.74) is 1.62. The van der Waals surface area contributed by atoms with Crippen molar-refractivity contribution in [3.63, 3.8) is 0 Å². The number of hydrogen-bond acceptors (Lipinski definition) is 4. The standard InChI is InChI=1S/C15H17NO4/c1-10-14(16-11(2)20-10)6-7-19-13-5-3-4-12(8-13)9-15(17)18/h3-5,8H,6-7,9H2,1-2H3,(H,17,18). The van der Waals surface area contributed by atoms with Crippen LogP contribution < -0.4 is 4.74 Å². The van der Waals surface area contributed by atoms with E-state index in [4.69, 9.17) is 14.3 Å². The molecule has 2 rings (SSSR count). The summed E-state index contributed by atoms with van der Waals surface area (Å²) in [4.78, 5) is 14.9. The first kappa shape index (κ1) is 14.1. The Morgan fingerprint density at radius 2 is 2.20 bits per heavy atom. The lowest BCUT2D eigenvalue weighted by Gasteiger charge is -2.06. The summed E-state index contributed by atoms with van der Waals surface area (Å²) in [5, 5.41) is 8.76. The highest BCUT2D eigenvalue weighted by Crippen LogP contribution is 2.15. The van der Waals surface area contributed by atoms with Crippen molar-refractivity contribution in [3.8, 4) is 5.75 Å². The van der Waals surface area contributed by atoms with Crippen molar-refractivity contribution >= 4 is 5.97 Å². The van der Waals surface area contributed by atoms with Crippen molar-refractivity contribution in [3.05, 3.63) is 47.2 Å². The number of hydrogen-bond donors (Lipinski definition) is 1. The van der Waals surface area contributed by atoms with Crippen LogP contribution in [-0.4, -0.2) is 22.7 Å². The van der Waals surface area contributed by atoms with E-state index in [1.54, 1.807) is 18.2 Å². The van der Waals surface area contributed by atoms with Crippen LogP contribution in [0.1, 0.15) is 22.9 Å². The van der Waals surface area contributed by atoms with Crippen LogP contribution in [0.15, 0.2) is 28.7 Å². The Morgan fingerprint density at radius 1 is 1.40 bits per heavy atom. The summed E-state index contributed by atoms with van der Waals surface area (Å²) < 4.78 is 11.0. The van der Waals surface area contributed by atoms with Crippen LogP contribution in [0.4, 0.5) is 0 Å². The van der Waals surface area contributed by atoms with E-state index in [2.05, 4.69) is 4.98 Å². The number of aryl methyl sites for hydroxylation is 2. The van der Waals surface area contributed by atoms with Gasteiger partial charge in [0.05, 0.1) is 18.7 Å². The van der Waals surface area contributed by atoms with Gasteiger partial charge < -0.3 is 14.3 Å². The van der Waals surface area contributed by atoms with Gasteiger partial charge in [-0.05, 0) is 24.6 Å². The van der Waals surface area contributed by atoms with Gasteiger partial charge in [-0.3, -0.25) is 4.79 Å². The summed E-state index contributed by atoms with van der Waals surface area (Å²) in [7, 11) is 0. The summed E-state index contributed by atoms with van der Waals surface area (Å²) in [6.45, 7) is 4.17. The quantitative estimate of drug-likeness (QED) is 0.877. The lowest BCUT2D eigenvalue weighted by Crippen LogP contribution is -2.04. The summed E-state index contributed by atoms with van der Waals surface area (Å²) >= 11 is 0. The molecule has 2 aromatic rings. The third-order valence-electron chi connectivity index (χ3n) is 2.86. The Morgan fingerprint density at radius 3 is 2.85 bits per heavy atom. The first-order valence-electron chi connectivity index (χ1n) is 6.41. The molecular formula is C15H17NO4. The van der Waals surface area contributed by atoms with E-state index in [9.17, 15) is 4.79 Å². The molecule has 5 heteroatoms. The van der Waals surface area contributed by atoms with Gasteiger partial charge in [-0.2, -0.15) is 0 Å². The summed E-state index contributed by atoms with van der Waals surface area (Å²) in [6, 6.07) is 7.12. The van der Waals surface area contributed by atoms with Crippen molar-refractivity contribution < 1.29 is 19.1 Å². The molecule has 0 spiro atoms.